The van der Waals surface area contributed by atoms with Gasteiger partial charge >= 0.3 is 0 Å². The average molecular weight is 322 g/mol. The molecule has 0 aliphatic heterocycles. The average Bonchev–Trinajstić information content (AvgIpc) is 2.91. The number of hydrogen-bond donors (Lipinski definition) is 2. The summed E-state index contributed by atoms with van der Waals surface area (Å²) in [4.78, 5) is 24.1. The van der Waals surface area contributed by atoms with E-state index in [1.54, 1.807) is 13.1 Å². The molecule has 0 bridgehead atoms. The van der Waals surface area contributed by atoms with Gasteiger partial charge in [0.2, 0.25) is 5.91 Å². The van der Waals surface area contributed by atoms with Crippen LogP contribution < -0.4 is 10.6 Å². The van der Waals surface area contributed by atoms with E-state index in [2.05, 4.69) is 15.7 Å². The number of fused-ring (bicyclic) bond motifs is 1. The van der Waals surface area contributed by atoms with Gasteiger partial charge in [-0.15, -0.1) is 0 Å². The van der Waals surface area contributed by atoms with Crippen LogP contribution in [0.1, 0.15) is 16.2 Å². The van der Waals surface area contributed by atoms with Gasteiger partial charge in [-0.1, -0.05) is 30.3 Å². The molecule has 6 heteroatoms. The third-order valence-electron chi connectivity index (χ3n) is 3.68. The molecule has 1 aromatic heterocycles. The number of aromatic nitrogens is 2. The summed E-state index contributed by atoms with van der Waals surface area (Å²) in [5.41, 5.74) is 1.87. The quantitative estimate of drug-likeness (QED) is 0.773. The summed E-state index contributed by atoms with van der Waals surface area (Å²) >= 11 is 0. The highest BCUT2D eigenvalue weighted by Crippen LogP contribution is 2.18. The number of aryl methyl sites for hydroxylation is 2. The number of carbonyl (C=O) groups is 2. The minimum Gasteiger partial charge on any atom is -0.342 e. The number of amides is 2. The van der Waals surface area contributed by atoms with Crippen LogP contribution in [0.4, 0.5) is 5.69 Å². The number of nitrogens with zero attached hydrogens (tertiary/aromatic N) is 2. The van der Waals surface area contributed by atoms with Crippen molar-refractivity contribution in [1.29, 1.82) is 0 Å². The maximum Gasteiger partial charge on any atom is 0.269 e. The number of hydrogen-bond acceptors (Lipinski definition) is 3. The molecule has 0 saturated heterocycles. The molecule has 24 heavy (non-hydrogen) atoms. The minimum atomic E-state index is -0.327. The van der Waals surface area contributed by atoms with Gasteiger partial charge in [-0.25, -0.2) is 0 Å². The molecule has 0 radical (unpaired) electrons. The summed E-state index contributed by atoms with van der Waals surface area (Å²) in [5.74, 6) is -0.607. The predicted octanol–water partition coefficient (Wildman–Crippen LogP) is 2.25. The fourth-order valence-electron chi connectivity index (χ4n) is 2.55. The summed E-state index contributed by atoms with van der Waals surface area (Å²) in [6.07, 6.45) is 0. The first-order valence-electron chi connectivity index (χ1n) is 7.60. The zero-order valence-corrected chi connectivity index (χ0v) is 13.5. The molecule has 3 rings (SSSR count). The number of carbonyl (C=O) groups excluding carboxylic acids is 2. The second-order valence-electron chi connectivity index (χ2n) is 5.59. The first-order valence-corrected chi connectivity index (χ1v) is 7.60. The maximum absolute atomic E-state index is 12.1. The van der Waals surface area contributed by atoms with Crippen LogP contribution in [0.5, 0.6) is 0 Å². The van der Waals surface area contributed by atoms with Crippen molar-refractivity contribution in [3.05, 3.63) is 59.9 Å². The Morgan fingerprint density at radius 2 is 1.83 bits per heavy atom. The zero-order valence-electron chi connectivity index (χ0n) is 13.5. The Kier molecular flexibility index (Phi) is 4.29. The third-order valence-corrected chi connectivity index (χ3v) is 3.68. The van der Waals surface area contributed by atoms with E-state index < -0.39 is 0 Å². The summed E-state index contributed by atoms with van der Waals surface area (Å²) in [6.45, 7) is 1.71. The van der Waals surface area contributed by atoms with E-state index in [0.717, 1.165) is 16.5 Å². The van der Waals surface area contributed by atoms with E-state index in [9.17, 15) is 9.59 Å². The summed E-state index contributed by atoms with van der Waals surface area (Å²) in [5, 5.41) is 11.6. The Balaban J connectivity index is 1.60. The molecule has 6 nitrogen and oxygen atoms in total. The molecule has 0 saturated carbocycles. The molecule has 0 spiro atoms. The molecular formula is C18H18N4O2. The molecular weight excluding hydrogens is 304 g/mol. The van der Waals surface area contributed by atoms with Gasteiger partial charge in [0.15, 0.2) is 0 Å². The molecule has 3 aromatic rings. The van der Waals surface area contributed by atoms with Crippen LogP contribution in [0, 0.1) is 6.92 Å². The Morgan fingerprint density at radius 1 is 1.08 bits per heavy atom. The fraction of sp³-hybridized carbons (Fsp3) is 0.167. The lowest BCUT2D eigenvalue weighted by molar-refractivity contribution is -0.115. The molecule has 0 aliphatic carbocycles. The van der Waals surface area contributed by atoms with E-state index >= 15 is 0 Å². The predicted molar refractivity (Wildman–Crippen MR) is 92.9 cm³/mol. The lowest BCUT2D eigenvalue weighted by Crippen LogP contribution is -2.33. The first-order chi connectivity index (χ1) is 11.5. The topological polar surface area (TPSA) is 76.0 Å². The fourth-order valence-corrected chi connectivity index (χ4v) is 2.55. The highest BCUT2D eigenvalue weighted by molar-refractivity contribution is 5.99. The van der Waals surface area contributed by atoms with E-state index in [0.29, 0.717) is 11.4 Å². The molecule has 2 N–H and O–H groups in total. The molecule has 0 unspecified atom stereocenters. The molecule has 0 aliphatic rings. The van der Waals surface area contributed by atoms with Crippen LogP contribution in [-0.2, 0) is 11.8 Å². The second-order valence-corrected chi connectivity index (χ2v) is 5.59. The van der Waals surface area contributed by atoms with Gasteiger partial charge in [0.05, 0.1) is 12.2 Å². The molecule has 0 atom stereocenters. The van der Waals surface area contributed by atoms with E-state index in [-0.39, 0.29) is 18.4 Å². The van der Waals surface area contributed by atoms with Gasteiger partial charge in [0.25, 0.3) is 5.91 Å². The van der Waals surface area contributed by atoms with Crippen LogP contribution in [0.3, 0.4) is 0 Å². The summed E-state index contributed by atoms with van der Waals surface area (Å²) in [7, 11) is 1.69. The van der Waals surface area contributed by atoms with Crippen molar-refractivity contribution < 1.29 is 9.59 Å². The van der Waals surface area contributed by atoms with Crippen LogP contribution >= 0.6 is 0 Å². The monoisotopic (exact) mass is 322 g/mol. The van der Waals surface area contributed by atoms with Gasteiger partial charge in [0, 0.05) is 12.7 Å². The van der Waals surface area contributed by atoms with Gasteiger partial charge in [-0.2, -0.15) is 5.10 Å². The molecule has 2 amide bonds. The number of rotatable bonds is 4. The van der Waals surface area contributed by atoms with Crippen LogP contribution in [0.2, 0.25) is 0 Å². The maximum atomic E-state index is 12.1. The van der Waals surface area contributed by atoms with Crippen molar-refractivity contribution >= 4 is 28.3 Å². The van der Waals surface area contributed by atoms with Crippen molar-refractivity contribution in [2.75, 3.05) is 11.9 Å². The van der Waals surface area contributed by atoms with Crippen molar-refractivity contribution in [1.82, 2.24) is 15.1 Å². The smallest absolute Gasteiger partial charge is 0.269 e. The highest BCUT2D eigenvalue weighted by Gasteiger charge is 2.13. The minimum absolute atomic E-state index is 0.101. The lowest BCUT2D eigenvalue weighted by Gasteiger charge is -2.08. The van der Waals surface area contributed by atoms with Crippen molar-refractivity contribution in [3.63, 3.8) is 0 Å². The van der Waals surface area contributed by atoms with Crippen LogP contribution in [0.25, 0.3) is 10.8 Å². The lowest BCUT2D eigenvalue weighted by atomic mass is 10.1. The SMILES string of the molecule is Cc1cc(C(=O)NCC(=O)Nc2ccc3ccccc3c2)n(C)n1. The Labute approximate surface area is 139 Å². The summed E-state index contributed by atoms with van der Waals surface area (Å²) < 4.78 is 1.49. The number of benzene rings is 2. The zero-order chi connectivity index (χ0) is 17.1. The highest BCUT2D eigenvalue weighted by atomic mass is 16.2. The Bertz CT molecular complexity index is 914. The van der Waals surface area contributed by atoms with Crippen molar-refractivity contribution in [2.24, 2.45) is 7.05 Å². The normalized spacial score (nSPS) is 10.6. The van der Waals surface area contributed by atoms with Gasteiger partial charge < -0.3 is 10.6 Å². The van der Waals surface area contributed by atoms with Crippen LogP contribution in [0.15, 0.2) is 48.5 Å². The van der Waals surface area contributed by atoms with Crippen LogP contribution in [-0.4, -0.2) is 28.1 Å². The number of nitrogens with one attached hydrogen (secondary N) is 2. The first kappa shape index (κ1) is 15.7. The van der Waals surface area contributed by atoms with Gasteiger partial charge in [0.1, 0.15) is 5.69 Å². The van der Waals surface area contributed by atoms with Gasteiger partial charge in [-0.05, 0) is 35.9 Å². The Hall–Kier alpha value is -3.15. The summed E-state index contributed by atoms with van der Waals surface area (Å²) in [6, 6.07) is 15.3. The largest absolute Gasteiger partial charge is 0.342 e. The second kappa shape index (κ2) is 6.54. The van der Waals surface area contributed by atoms with Crippen molar-refractivity contribution in [2.45, 2.75) is 6.92 Å². The number of anilines is 1. The Morgan fingerprint density at radius 3 is 2.54 bits per heavy atom. The molecule has 0 fully saturated rings. The molecule has 1 heterocycles. The molecule has 122 valence electrons. The van der Waals surface area contributed by atoms with Gasteiger partial charge in [-0.3, -0.25) is 14.3 Å². The van der Waals surface area contributed by atoms with Crippen molar-refractivity contribution in [3.8, 4) is 0 Å². The van der Waals surface area contributed by atoms with E-state index in [1.165, 1.54) is 4.68 Å². The van der Waals surface area contributed by atoms with E-state index in [4.69, 9.17) is 0 Å². The standard InChI is InChI=1S/C18H18N4O2/c1-12-9-16(22(2)21-12)18(24)19-11-17(23)20-15-8-7-13-5-3-4-6-14(13)10-15/h3-10H,11H2,1-2H3,(H,19,24)(H,20,23). The third kappa shape index (κ3) is 3.43. The van der Waals surface area contributed by atoms with E-state index in [1.807, 2.05) is 49.4 Å². The molecule has 2 aromatic carbocycles.